The molecule has 32 heavy (non-hydrogen) atoms. The molecule has 0 saturated carbocycles. The summed E-state index contributed by atoms with van der Waals surface area (Å²) >= 11 is 2.77. The molecule has 0 spiro atoms. The molecule has 10 heteroatoms. The summed E-state index contributed by atoms with van der Waals surface area (Å²) < 4.78 is 6.15. The maximum atomic E-state index is 10.0. The number of hydrogen-bond acceptors (Lipinski definition) is 10. The van der Waals surface area contributed by atoms with Gasteiger partial charge in [-0.25, -0.2) is 15.0 Å². The molecule has 2 unspecified atom stereocenters. The van der Waals surface area contributed by atoms with Crippen LogP contribution < -0.4 is 10.1 Å². The molecule has 0 aliphatic carbocycles. The van der Waals surface area contributed by atoms with Gasteiger partial charge in [-0.2, -0.15) is 0 Å². The molecule has 0 fully saturated rings. The van der Waals surface area contributed by atoms with E-state index in [0.717, 1.165) is 15.6 Å². The normalized spacial score (nSPS) is 12.9. The van der Waals surface area contributed by atoms with Gasteiger partial charge in [-0.05, 0) is 38.1 Å². The molecular weight excluding hydrogens is 446 g/mol. The fraction of sp³-hybridized carbons (Fsp3) is 0.182. The van der Waals surface area contributed by atoms with E-state index in [1.54, 1.807) is 30.0 Å². The van der Waals surface area contributed by atoms with Gasteiger partial charge in [0, 0.05) is 34.9 Å². The summed E-state index contributed by atoms with van der Waals surface area (Å²) in [5, 5.41) is 25.9. The lowest BCUT2D eigenvalue weighted by molar-refractivity contribution is 0.0283. The zero-order valence-corrected chi connectivity index (χ0v) is 19.0. The third-order valence-corrected chi connectivity index (χ3v) is 6.06. The first-order chi connectivity index (χ1) is 15.5. The highest BCUT2D eigenvalue weighted by Crippen LogP contribution is 2.36. The van der Waals surface area contributed by atoms with E-state index in [0.29, 0.717) is 28.1 Å². The standard InChI is InChI=1S/C22H21N5O3S2/c1-13-17(6-5-9-23-13)30-18-10-15(32-19-7-3-4-8-24-19)11-25-21(18)27-22-26-16(12-31-22)20(29)14(2)28/h3-12,14,20,28-29H,1-2H3,(H,25,26,27). The van der Waals surface area contributed by atoms with Crippen molar-refractivity contribution in [2.45, 2.75) is 36.0 Å². The maximum Gasteiger partial charge on any atom is 0.188 e. The molecule has 4 aromatic rings. The largest absolute Gasteiger partial charge is 0.452 e. The van der Waals surface area contributed by atoms with Crippen LogP contribution in [0.25, 0.3) is 0 Å². The van der Waals surface area contributed by atoms with Crippen molar-refractivity contribution in [3.8, 4) is 11.5 Å². The van der Waals surface area contributed by atoms with Gasteiger partial charge in [0.05, 0.1) is 17.5 Å². The summed E-state index contributed by atoms with van der Waals surface area (Å²) in [5.41, 5.74) is 1.14. The minimum atomic E-state index is -1.05. The van der Waals surface area contributed by atoms with Crippen molar-refractivity contribution in [3.63, 3.8) is 0 Å². The van der Waals surface area contributed by atoms with Gasteiger partial charge < -0.3 is 20.3 Å². The lowest BCUT2D eigenvalue weighted by Gasteiger charge is -2.13. The van der Waals surface area contributed by atoms with Crippen LogP contribution in [0.15, 0.2) is 70.3 Å². The predicted molar refractivity (Wildman–Crippen MR) is 124 cm³/mol. The zero-order chi connectivity index (χ0) is 22.5. The van der Waals surface area contributed by atoms with Crippen LogP contribution in [0.2, 0.25) is 0 Å². The van der Waals surface area contributed by atoms with E-state index in [2.05, 4.69) is 25.3 Å². The van der Waals surface area contributed by atoms with E-state index in [4.69, 9.17) is 4.74 Å². The second-order valence-electron chi connectivity index (χ2n) is 6.86. The molecule has 0 bridgehead atoms. The predicted octanol–water partition coefficient (Wildman–Crippen LogP) is 4.74. The molecule has 0 saturated heterocycles. The summed E-state index contributed by atoms with van der Waals surface area (Å²) in [6, 6.07) is 11.2. The highest BCUT2D eigenvalue weighted by atomic mass is 32.2. The van der Waals surface area contributed by atoms with Crippen LogP contribution in [0.1, 0.15) is 24.4 Å². The maximum absolute atomic E-state index is 10.0. The van der Waals surface area contributed by atoms with Crippen molar-refractivity contribution < 1.29 is 14.9 Å². The Bertz CT molecular complexity index is 1190. The van der Waals surface area contributed by atoms with Gasteiger partial charge in [0.25, 0.3) is 0 Å². The van der Waals surface area contributed by atoms with E-state index in [9.17, 15) is 10.2 Å². The SMILES string of the molecule is Cc1ncccc1Oc1cc(Sc2ccccn2)cnc1Nc1nc(C(O)C(C)O)cs1. The molecule has 8 nitrogen and oxygen atoms in total. The molecule has 0 radical (unpaired) electrons. The lowest BCUT2D eigenvalue weighted by atomic mass is 10.2. The number of aryl methyl sites for hydroxylation is 1. The highest BCUT2D eigenvalue weighted by molar-refractivity contribution is 7.99. The molecular formula is C22H21N5O3S2. The summed E-state index contributed by atoms with van der Waals surface area (Å²) in [5.74, 6) is 1.57. The quantitative estimate of drug-likeness (QED) is 0.338. The average Bonchev–Trinajstić information content (AvgIpc) is 3.25. The molecule has 4 heterocycles. The molecule has 4 rings (SSSR count). The third-order valence-electron chi connectivity index (χ3n) is 4.37. The minimum Gasteiger partial charge on any atom is -0.452 e. The number of pyridine rings is 3. The highest BCUT2D eigenvalue weighted by Gasteiger charge is 2.18. The number of aliphatic hydroxyl groups excluding tert-OH is 2. The van der Waals surface area contributed by atoms with Crippen LogP contribution >= 0.6 is 23.1 Å². The molecule has 0 aliphatic rings. The second-order valence-corrected chi connectivity index (χ2v) is 8.82. The smallest absolute Gasteiger partial charge is 0.188 e. The van der Waals surface area contributed by atoms with Gasteiger partial charge in [-0.15, -0.1) is 11.3 Å². The first kappa shape index (κ1) is 22.2. The van der Waals surface area contributed by atoms with E-state index in [1.165, 1.54) is 30.0 Å². The molecule has 0 amide bonds. The van der Waals surface area contributed by atoms with Gasteiger partial charge in [0.1, 0.15) is 16.9 Å². The Kier molecular flexibility index (Phi) is 6.96. The van der Waals surface area contributed by atoms with Crippen molar-refractivity contribution >= 4 is 34.0 Å². The third kappa shape index (κ3) is 5.40. The summed E-state index contributed by atoms with van der Waals surface area (Å²) in [7, 11) is 0. The fourth-order valence-corrected chi connectivity index (χ4v) is 4.22. The molecule has 0 aliphatic heterocycles. The number of ether oxygens (including phenoxy) is 1. The van der Waals surface area contributed by atoms with Crippen LogP contribution in [0.3, 0.4) is 0 Å². The monoisotopic (exact) mass is 467 g/mol. The van der Waals surface area contributed by atoms with Crippen LogP contribution in [0.5, 0.6) is 11.5 Å². The van der Waals surface area contributed by atoms with Gasteiger partial charge >= 0.3 is 0 Å². The Balaban J connectivity index is 1.63. The van der Waals surface area contributed by atoms with E-state index < -0.39 is 12.2 Å². The zero-order valence-electron chi connectivity index (χ0n) is 17.3. The van der Waals surface area contributed by atoms with Crippen molar-refractivity contribution in [2.24, 2.45) is 0 Å². The van der Waals surface area contributed by atoms with Gasteiger partial charge in [0.2, 0.25) is 0 Å². The summed E-state index contributed by atoms with van der Waals surface area (Å²) in [4.78, 5) is 18.4. The summed E-state index contributed by atoms with van der Waals surface area (Å²) in [6.07, 6.45) is 3.20. The Morgan fingerprint density at radius 1 is 1.06 bits per heavy atom. The average molecular weight is 468 g/mol. The topological polar surface area (TPSA) is 113 Å². The van der Waals surface area contributed by atoms with E-state index >= 15 is 0 Å². The van der Waals surface area contributed by atoms with Crippen LogP contribution in [-0.4, -0.2) is 36.3 Å². The Hall–Kier alpha value is -3.05. The number of aliphatic hydroxyl groups is 2. The number of rotatable bonds is 8. The van der Waals surface area contributed by atoms with E-state index in [-0.39, 0.29) is 0 Å². The first-order valence-electron chi connectivity index (χ1n) is 9.76. The Labute approximate surface area is 193 Å². The Morgan fingerprint density at radius 3 is 2.66 bits per heavy atom. The van der Waals surface area contributed by atoms with Crippen molar-refractivity contribution in [1.82, 2.24) is 19.9 Å². The number of nitrogens with zero attached hydrogens (tertiary/aromatic N) is 4. The van der Waals surface area contributed by atoms with Crippen LogP contribution in [-0.2, 0) is 0 Å². The lowest BCUT2D eigenvalue weighted by Crippen LogP contribution is -2.14. The van der Waals surface area contributed by atoms with Crippen LogP contribution in [0.4, 0.5) is 10.9 Å². The van der Waals surface area contributed by atoms with E-state index in [1.807, 2.05) is 37.3 Å². The number of nitrogens with one attached hydrogen (secondary N) is 1. The fourth-order valence-electron chi connectivity index (χ4n) is 2.71. The molecule has 164 valence electrons. The minimum absolute atomic E-state index is 0.389. The van der Waals surface area contributed by atoms with Crippen molar-refractivity contribution in [2.75, 3.05) is 5.32 Å². The number of anilines is 2. The molecule has 3 N–H and O–H groups in total. The Morgan fingerprint density at radius 2 is 1.91 bits per heavy atom. The van der Waals surface area contributed by atoms with Crippen molar-refractivity contribution in [3.05, 3.63) is 71.8 Å². The summed E-state index contributed by atoms with van der Waals surface area (Å²) in [6.45, 7) is 3.38. The van der Waals surface area contributed by atoms with Gasteiger partial charge in [-0.3, -0.25) is 4.98 Å². The van der Waals surface area contributed by atoms with Gasteiger partial charge in [-0.1, -0.05) is 17.8 Å². The second kappa shape index (κ2) is 10.0. The first-order valence-corrected chi connectivity index (χ1v) is 11.5. The van der Waals surface area contributed by atoms with Gasteiger partial charge in [0.15, 0.2) is 16.7 Å². The van der Waals surface area contributed by atoms with Crippen LogP contribution in [0, 0.1) is 6.92 Å². The number of aromatic nitrogens is 4. The molecule has 4 aromatic heterocycles. The van der Waals surface area contributed by atoms with Crippen molar-refractivity contribution in [1.29, 1.82) is 0 Å². The molecule has 2 atom stereocenters. The number of thiazole rings is 1. The molecule has 0 aromatic carbocycles. The number of hydrogen-bond donors (Lipinski definition) is 3.